The zero-order valence-corrected chi connectivity index (χ0v) is 14.5. The molecule has 3 aromatic carbocycles. The number of H-pyrrole nitrogens is 1. The van der Waals surface area contributed by atoms with Crippen molar-refractivity contribution in [3.8, 4) is 22.6 Å². The van der Waals surface area contributed by atoms with Gasteiger partial charge in [0, 0.05) is 21.5 Å². The highest BCUT2D eigenvalue weighted by Crippen LogP contribution is 2.35. The standard InChI is InChI=1S/C20H14Cl2N2/c1-12-8-10-13(11-9-12)20-23-18(19(22)24-20)16-6-2-5-15-14(16)4-3-7-17(15)21/h2-11H,1H3,(H,23,24). The fraction of sp³-hybridized carbons (Fsp3) is 0.0500. The molecule has 0 atom stereocenters. The Hall–Kier alpha value is -2.29. The second-order valence-corrected chi connectivity index (χ2v) is 6.54. The minimum atomic E-state index is 0.526. The molecule has 1 aromatic heterocycles. The van der Waals surface area contributed by atoms with E-state index in [0.717, 1.165) is 38.4 Å². The molecule has 4 heteroatoms. The number of hydrogen-bond acceptors (Lipinski definition) is 1. The fourth-order valence-electron chi connectivity index (χ4n) is 2.86. The second kappa shape index (κ2) is 5.97. The Morgan fingerprint density at radius 1 is 0.833 bits per heavy atom. The van der Waals surface area contributed by atoms with Crippen molar-refractivity contribution in [3.05, 3.63) is 76.4 Å². The van der Waals surface area contributed by atoms with Crippen LogP contribution in [0.25, 0.3) is 33.4 Å². The highest BCUT2D eigenvalue weighted by molar-refractivity contribution is 6.36. The Kier molecular flexibility index (Phi) is 3.79. The molecule has 0 bridgehead atoms. The highest BCUT2D eigenvalue weighted by atomic mass is 35.5. The van der Waals surface area contributed by atoms with Crippen molar-refractivity contribution in [1.82, 2.24) is 9.97 Å². The molecule has 24 heavy (non-hydrogen) atoms. The van der Waals surface area contributed by atoms with Gasteiger partial charge in [0.15, 0.2) is 0 Å². The van der Waals surface area contributed by atoms with E-state index in [1.807, 2.05) is 48.5 Å². The van der Waals surface area contributed by atoms with Gasteiger partial charge in [0.2, 0.25) is 0 Å². The Bertz CT molecular complexity index is 1030. The monoisotopic (exact) mass is 352 g/mol. The van der Waals surface area contributed by atoms with Crippen LogP contribution >= 0.6 is 23.2 Å². The molecule has 2 nitrogen and oxygen atoms in total. The predicted molar refractivity (Wildman–Crippen MR) is 102 cm³/mol. The maximum atomic E-state index is 6.45. The summed E-state index contributed by atoms with van der Waals surface area (Å²) in [5, 5.41) is 3.28. The van der Waals surface area contributed by atoms with E-state index in [0.29, 0.717) is 5.15 Å². The molecule has 0 radical (unpaired) electrons. The summed E-state index contributed by atoms with van der Waals surface area (Å²) in [6.07, 6.45) is 0. The van der Waals surface area contributed by atoms with Gasteiger partial charge in [-0.25, -0.2) is 4.98 Å². The number of hydrogen-bond donors (Lipinski definition) is 1. The van der Waals surface area contributed by atoms with Gasteiger partial charge in [-0.05, 0) is 18.4 Å². The van der Waals surface area contributed by atoms with Gasteiger partial charge in [-0.1, -0.05) is 83.4 Å². The summed E-state index contributed by atoms with van der Waals surface area (Å²) in [5.41, 5.74) is 3.92. The van der Waals surface area contributed by atoms with Crippen LogP contribution in [0.15, 0.2) is 60.7 Å². The van der Waals surface area contributed by atoms with Crippen LogP contribution in [0.3, 0.4) is 0 Å². The normalized spacial score (nSPS) is 11.1. The molecule has 0 fully saturated rings. The number of aromatic nitrogens is 2. The first-order chi connectivity index (χ1) is 11.6. The molecule has 0 saturated heterocycles. The van der Waals surface area contributed by atoms with Gasteiger partial charge in [-0.3, -0.25) is 0 Å². The molecule has 0 aliphatic heterocycles. The van der Waals surface area contributed by atoms with E-state index < -0.39 is 0 Å². The van der Waals surface area contributed by atoms with Gasteiger partial charge in [-0.2, -0.15) is 0 Å². The number of aryl methyl sites for hydroxylation is 1. The number of nitrogens with zero attached hydrogens (tertiary/aromatic N) is 1. The fourth-order valence-corrected chi connectivity index (χ4v) is 3.33. The summed E-state index contributed by atoms with van der Waals surface area (Å²) in [6.45, 7) is 2.06. The number of rotatable bonds is 2. The largest absolute Gasteiger partial charge is 0.329 e. The SMILES string of the molecule is Cc1ccc(-c2nc(-c3cccc4c(Cl)cccc34)c(Cl)[nH]2)cc1. The van der Waals surface area contributed by atoms with Gasteiger partial charge in [0.05, 0.1) is 0 Å². The third-order valence-corrected chi connectivity index (χ3v) is 4.71. The van der Waals surface area contributed by atoms with Crippen LogP contribution in [0, 0.1) is 6.92 Å². The summed E-state index contributed by atoms with van der Waals surface area (Å²) in [4.78, 5) is 7.91. The molecular formula is C20H14Cl2N2. The molecule has 0 spiro atoms. The van der Waals surface area contributed by atoms with E-state index in [1.165, 1.54) is 5.56 Å². The van der Waals surface area contributed by atoms with Gasteiger partial charge in [-0.15, -0.1) is 0 Å². The van der Waals surface area contributed by atoms with Crippen molar-refractivity contribution in [1.29, 1.82) is 0 Å². The maximum absolute atomic E-state index is 6.45. The number of benzene rings is 3. The molecule has 1 heterocycles. The Labute approximate surface area is 150 Å². The number of aromatic amines is 1. The summed E-state index contributed by atoms with van der Waals surface area (Å²) < 4.78 is 0. The number of fused-ring (bicyclic) bond motifs is 1. The molecule has 118 valence electrons. The van der Waals surface area contributed by atoms with E-state index in [2.05, 4.69) is 24.0 Å². The number of imidazole rings is 1. The molecular weight excluding hydrogens is 339 g/mol. The minimum absolute atomic E-state index is 0.526. The third-order valence-electron chi connectivity index (χ3n) is 4.11. The van der Waals surface area contributed by atoms with Crippen molar-refractivity contribution in [2.45, 2.75) is 6.92 Å². The van der Waals surface area contributed by atoms with E-state index in [-0.39, 0.29) is 0 Å². The van der Waals surface area contributed by atoms with Crippen molar-refractivity contribution in [2.75, 3.05) is 0 Å². The van der Waals surface area contributed by atoms with Crippen LogP contribution in [0.2, 0.25) is 10.2 Å². The van der Waals surface area contributed by atoms with E-state index in [1.54, 1.807) is 0 Å². The van der Waals surface area contributed by atoms with Gasteiger partial charge >= 0.3 is 0 Å². The molecule has 0 saturated carbocycles. The molecule has 0 amide bonds. The Balaban J connectivity index is 1.89. The lowest BCUT2D eigenvalue weighted by Gasteiger charge is -2.06. The van der Waals surface area contributed by atoms with Crippen LogP contribution < -0.4 is 0 Å². The van der Waals surface area contributed by atoms with Crippen LogP contribution in [-0.2, 0) is 0 Å². The smallest absolute Gasteiger partial charge is 0.139 e. The second-order valence-electron chi connectivity index (χ2n) is 5.75. The van der Waals surface area contributed by atoms with Crippen molar-refractivity contribution in [3.63, 3.8) is 0 Å². The average Bonchev–Trinajstić information content (AvgIpc) is 2.97. The van der Waals surface area contributed by atoms with Crippen molar-refractivity contribution in [2.24, 2.45) is 0 Å². The Morgan fingerprint density at radius 3 is 2.33 bits per heavy atom. The lowest BCUT2D eigenvalue weighted by atomic mass is 10.0. The molecule has 0 aliphatic carbocycles. The van der Waals surface area contributed by atoms with Crippen LogP contribution in [0.5, 0.6) is 0 Å². The first kappa shape index (κ1) is 15.3. The van der Waals surface area contributed by atoms with E-state index in [9.17, 15) is 0 Å². The zero-order chi connectivity index (χ0) is 16.7. The molecule has 0 unspecified atom stereocenters. The van der Waals surface area contributed by atoms with Crippen molar-refractivity contribution >= 4 is 34.0 Å². The number of halogens is 2. The zero-order valence-electron chi connectivity index (χ0n) is 13.0. The molecule has 4 rings (SSSR count). The van der Waals surface area contributed by atoms with Crippen LogP contribution in [0.1, 0.15) is 5.56 Å². The summed E-state index contributed by atoms with van der Waals surface area (Å²) in [6, 6.07) is 20.0. The average molecular weight is 353 g/mol. The summed E-state index contributed by atoms with van der Waals surface area (Å²) in [5.74, 6) is 0.758. The third kappa shape index (κ3) is 2.58. The van der Waals surface area contributed by atoms with E-state index in [4.69, 9.17) is 28.2 Å². The van der Waals surface area contributed by atoms with Gasteiger partial charge < -0.3 is 4.98 Å². The summed E-state index contributed by atoms with van der Waals surface area (Å²) in [7, 11) is 0. The summed E-state index contributed by atoms with van der Waals surface area (Å²) >= 11 is 12.8. The Morgan fingerprint density at radius 2 is 1.54 bits per heavy atom. The molecule has 1 N–H and O–H groups in total. The molecule has 4 aromatic rings. The highest BCUT2D eigenvalue weighted by Gasteiger charge is 2.15. The van der Waals surface area contributed by atoms with Gasteiger partial charge in [0.25, 0.3) is 0 Å². The topological polar surface area (TPSA) is 28.7 Å². The number of nitrogens with one attached hydrogen (secondary N) is 1. The van der Waals surface area contributed by atoms with E-state index >= 15 is 0 Å². The predicted octanol–water partition coefficient (Wildman–Crippen LogP) is 6.51. The van der Waals surface area contributed by atoms with Crippen molar-refractivity contribution < 1.29 is 0 Å². The first-order valence-corrected chi connectivity index (χ1v) is 8.39. The maximum Gasteiger partial charge on any atom is 0.139 e. The lowest BCUT2D eigenvalue weighted by Crippen LogP contribution is -1.84. The first-order valence-electron chi connectivity index (χ1n) is 7.63. The minimum Gasteiger partial charge on any atom is -0.329 e. The van der Waals surface area contributed by atoms with Gasteiger partial charge in [0.1, 0.15) is 16.7 Å². The van der Waals surface area contributed by atoms with Crippen LogP contribution in [-0.4, -0.2) is 9.97 Å². The van der Waals surface area contributed by atoms with Crippen LogP contribution in [0.4, 0.5) is 0 Å². The quantitative estimate of drug-likeness (QED) is 0.437. The lowest BCUT2D eigenvalue weighted by molar-refractivity contribution is 1.30. The molecule has 0 aliphatic rings.